The first-order valence-electron chi connectivity index (χ1n) is 10.6. The molecule has 1 aromatic heterocycles. The van der Waals surface area contributed by atoms with Crippen molar-refractivity contribution >= 4 is 43.2 Å². The maximum absolute atomic E-state index is 12.3. The zero-order valence-corrected chi connectivity index (χ0v) is 19.1. The smallest absolute Gasteiger partial charge is 0.407 e. The summed E-state index contributed by atoms with van der Waals surface area (Å²) >= 11 is 1.49. The molecule has 2 aromatic rings. The van der Waals surface area contributed by atoms with E-state index in [0.29, 0.717) is 57.1 Å². The van der Waals surface area contributed by atoms with Gasteiger partial charge in [0.15, 0.2) is 0 Å². The van der Waals surface area contributed by atoms with E-state index in [4.69, 9.17) is 9.84 Å². The molecule has 1 amide bonds. The molecule has 2 aliphatic rings. The number of benzene rings is 1. The molecule has 1 N–H and O–H groups in total. The lowest BCUT2D eigenvalue weighted by Gasteiger charge is -2.29. The normalized spacial score (nSPS) is 18.9. The van der Waals surface area contributed by atoms with Gasteiger partial charge in [0.05, 0.1) is 16.0 Å². The summed E-state index contributed by atoms with van der Waals surface area (Å²) in [4.78, 5) is 17.0. The molecule has 4 rings (SSSR count). The fraction of sp³-hybridized carbons (Fsp3) is 0.524. The van der Waals surface area contributed by atoms with Crippen molar-refractivity contribution in [2.75, 3.05) is 31.9 Å². The number of aromatic nitrogens is 1. The van der Waals surface area contributed by atoms with Gasteiger partial charge in [0.1, 0.15) is 6.10 Å². The van der Waals surface area contributed by atoms with Crippen molar-refractivity contribution in [3.05, 3.63) is 29.8 Å². The Morgan fingerprint density at radius 3 is 2.71 bits per heavy atom. The Morgan fingerprint density at radius 2 is 2.06 bits per heavy atom. The Labute approximate surface area is 186 Å². The molecule has 2 aliphatic heterocycles. The van der Waals surface area contributed by atoms with E-state index in [2.05, 4.69) is 11.1 Å². The molecule has 3 heterocycles. The number of sulfonamides is 1. The molecule has 1 fully saturated rings. The van der Waals surface area contributed by atoms with E-state index in [9.17, 15) is 13.2 Å². The molecule has 0 radical (unpaired) electrons. The molecule has 0 unspecified atom stereocenters. The van der Waals surface area contributed by atoms with Gasteiger partial charge in [0.25, 0.3) is 5.19 Å². The van der Waals surface area contributed by atoms with Crippen LogP contribution in [0.4, 0.5) is 4.79 Å². The van der Waals surface area contributed by atoms with Crippen LogP contribution in [0.15, 0.2) is 24.3 Å². The van der Waals surface area contributed by atoms with Crippen molar-refractivity contribution in [3.8, 4) is 5.19 Å². The summed E-state index contributed by atoms with van der Waals surface area (Å²) in [5.74, 6) is 0.196. The number of rotatable bonds is 6. The monoisotopic (exact) mass is 465 g/mol. The third kappa shape index (κ3) is 5.02. The molecule has 8 nitrogen and oxygen atoms in total. The van der Waals surface area contributed by atoms with E-state index < -0.39 is 16.1 Å². The van der Waals surface area contributed by atoms with Crippen molar-refractivity contribution in [1.29, 1.82) is 0 Å². The van der Waals surface area contributed by atoms with Gasteiger partial charge in [-0.2, -0.15) is 4.31 Å². The van der Waals surface area contributed by atoms with Crippen LogP contribution >= 0.6 is 11.3 Å². The zero-order chi connectivity index (χ0) is 22.0. The third-order valence-corrected chi connectivity index (χ3v) is 8.70. The third-order valence-electron chi connectivity index (χ3n) is 5.75. The standard InChI is InChI=1S/C21H27N3O5S2/c1-2-13-31(27,28)24-11-5-15(6-12-24)16-3-4-18-19(14-16)30-20(22-18)29-17-7-9-23(10-8-17)21(25)26/h3-5,14,17H,2,6-13H2,1H3,(H,25,26). The second kappa shape index (κ2) is 9.13. The molecular weight excluding hydrogens is 438 g/mol. The van der Waals surface area contributed by atoms with Crippen LogP contribution in [-0.4, -0.2) is 71.8 Å². The number of carboxylic acid groups (broad SMARTS) is 1. The predicted octanol–water partition coefficient (Wildman–Crippen LogP) is 3.65. The number of amides is 1. The van der Waals surface area contributed by atoms with Crippen LogP contribution < -0.4 is 4.74 Å². The minimum absolute atomic E-state index is 0.0206. The highest BCUT2D eigenvalue weighted by atomic mass is 32.2. The molecule has 0 bridgehead atoms. The van der Waals surface area contributed by atoms with Gasteiger partial charge in [0, 0.05) is 39.0 Å². The highest BCUT2D eigenvalue weighted by Gasteiger charge is 2.25. The number of piperidine rings is 1. The lowest BCUT2D eigenvalue weighted by atomic mass is 10.0. The van der Waals surface area contributed by atoms with Gasteiger partial charge in [-0.3, -0.25) is 0 Å². The van der Waals surface area contributed by atoms with Gasteiger partial charge in [-0.25, -0.2) is 18.2 Å². The molecule has 0 aliphatic carbocycles. The summed E-state index contributed by atoms with van der Waals surface area (Å²) in [7, 11) is -3.16. The number of hydrogen-bond donors (Lipinski definition) is 1. The van der Waals surface area contributed by atoms with Gasteiger partial charge >= 0.3 is 6.09 Å². The highest BCUT2D eigenvalue weighted by molar-refractivity contribution is 7.89. The first-order chi connectivity index (χ1) is 14.9. The number of thiazole rings is 1. The van der Waals surface area contributed by atoms with Crippen LogP contribution in [0.25, 0.3) is 15.8 Å². The minimum Gasteiger partial charge on any atom is -0.467 e. The molecule has 1 aromatic carbocycles. The Morgan fingerprint density at radius 1 is 1.29 bits per heavy atom. The number of hydrogen-bond acceptors (Lipinski definition) is 6. The van der Waals surface area contributed by atoms with Crippen LogP contribution in [0.3, 0.4) is 0 Å². The maximum Gasteiger partial charge on any atom is 0.407 e. The SMILES string of the molecule is CCCS(=O)(=O)N1CC=C(c2ccc3nc(OC4CCN(C(=O)O)CC4)sc3c2)CC1. The second-order valence-corrected chi connectivity index (χ2v) is 11.0. The topological polar surface area (TPSA) is 100 Å². The van der Waals surface area contributed by atoms with E-state index in [0.717, 1.165) is 21.4 Å². The van der Waals surface area contributed by atoms with Crippen LogP contribution in [0, 0.1) is 0 Å². The Bertz CT molecular complexity index is 1090. The Hall–Kier alpha value is -2.17. The molecule has 0 atom stereocenters. The van der Waals surface area contributed by atoms with Gasteiger partial charge in [0.2, 0.25) is 10.0 Å². The van der Waals surface area contributed by atoms with Gasteiger partial charge in [-0.1, -0.05) is 30.4 Å². The maximum atomic E-state index is 12.3. The van der Waals surface area contributed by atoms with Crippen molar-refractivity contribution in [2.45, 2.75) is 38.7 Å². The van der Waals surface area contributed by atoms with Crippen LogP contribution in [0.1, 0.15) is 38.2 Å². The van der Waals surface area contributed by atoms with Crippen molar-refractivity contribution in [1.82, 2.24) is 14.2 Å². The average Bonchev–Trinajstić information content (AvgIpc) is 3.15. The Kier molecular flexibility index (Phi) is 6.49. The summed E-state index contributed by atoms with van der Waals surface area (Å²) in [6.07, 6.45) is 3.75. The number of likely N-dealkylation sites (tertiary alicyclic amines) is 1. The molecule has 0 saturated carbocycles. The predicted molar refractivity (Wildman–Crippen MR) is 121 cm³/mol. The first kappa shape index (κ1) is 22.0. The van der Waals surface area contributed by atoms with Gasteiger partial charge in [-0.15, -0.1) is 0 Å². The van der Waals surface area contributed by atoms with E-state index in [1.165, 1.54) is 16.2 Å². The zero-order valence-electron chi connectivity index (χ0n) is 17.5. The Balaban J connectivity index is 1.43. The van der Waals surface area contributed by atoms with Crippen molar-refractivity contribution in [3.63, 3.8) is 0 Å². The fourth-order valence-electron chi connectivity index (χ4n) is 4.01. The minimum atomic E-state index is -3.16. The molecule has 1 saturated heterocycles. The van der Waals surface area contributed by atoms with E-state index >= 15 is 0 Å². The lowest BCUT2D eigenvalue weighted by molar-refractivity contribution is 0.0894. The number of nitrogens with zero attached hydrogens (tertiary/aromatic N) is 3. The molecule has 168 valence electrons. The van der Waals surface area contributed by atoms with E-state index in [-0.39, 0.29) is 11.9 Å². The van der Waals surface area contributed by atoms with Crippen LogP contribution in [-0.2, 0) is 10.0 Å². The lowest BCUT2D eigenvalue weighted by Crippen LogP contribution is -2.41. The summed E-state index contributed by atoms with van der Waals surface area (Å²) in [6, 6.07) is 6.09. The number of carbonyl (C=O) groups is 1. The van der Waals surface area contributed by atoms with Crippen LogP contribution in [0.2, 0.25) is 0 Å². The summed E-state index contributed by atoms with van der Waals surface area (Å²) in [5, 5.41) is 9.67. The van der Waals surface area contributed by atoms with E-state index in [1.807, 2.05) is 25.1 Å². The summed E-state index contributed by atoms with van der Waals surface area (Å²) in [5.41, 5.74) is 3.11. The molecule has 10 heteroatoms. The summed E-state index contributed by atoms with van der Waals surface area (Å²) < 4.78 is 33.1. The number of ether oxygens (including phenoxy) is 1. The largest absolute Gasteiger partial charge is 0.467 e. The second-order valence-electron chi connectivity index (χ2n) is 7.90. The average molecular weight is 466 g/mol. The van der Waals surface area contributed by atoms with E-state index in [1.54, 1.807) is 4.31 Å². The summed E-state index contributed by atoms with van der Waals surface area (Å²) in [6.45, 7) is 3.77. The fourth-order valence-corrected chi connectivity index (χ4v) is 6.38. The quantitative estimate of drug-likeness (QED) is 0.699. The first-order valence-corrected chi connectivity index (χ1v) is 13.0. The van der Waals surface area contributed by atoms with Gasteiger partial charge in [-0.05, 0) is 36.1 Å². The van der Waals surface area contributed by atoms with Crippen LogP contribution in [0.5, 0.6) is 5.19 Å². The molecule has 31 heavy (non-hydrogen) atoms. The molecular formula is C21H27N3O5S2. The highest BCUT2D eigenvalue weighted by Crippen LogP contribution is 2.33. The van der Waals surface area contributed by atoms with Gasteiger partial charge < -0.3 is 14.7 Å². The van der Waals surface area contributed by atoms with Crippen molar-refractivity contribution < 1.29 is 23.1 Å². The van der Waals surface area contributed by atoms with Crippen molar-refractivity contribution in [2.24, 2.45) is 0 Å². The molecule has 0 spiro atoms. The number of fused-ring (bicyclic) bond motifs is 1.